The minimum atomic E-state index is -0.0994. The van der Waals surface area contributed by atoms with E-state index in [-0.39, 0.29) is 12.6 Å². The molecule has 0 bridgehead atoms. The standard InChI is InChI=1S/C15H19N3O2/c19-11-5-2-6-13-7-8-16-14(12-13)17-15(20)18-9-3-1-4-10-18/h7-8,12,19H,1,3-5,9-11H2,(H,16,17,20). The zero-order chi connectivity index (χ0) is 14.2. The number of urea groups is 1. The van der Waals surface area contributed by atoms with Gasteiger partial charge in [-0.1, -0.05) is 11.8 Å². The van der Waals surface area contributed by atoms with E-state index in [4.69, 9.17) is 5.11 Å². The van der Waals surface area contributed by atoms with Gasteiger partial charge in [0.2, 0.25) is 0 Å². The molecule has 0 spiro atoms. The number of nitrogens with zero attached hydrogens (tertiary/aromatic N) is 2. The van der Waals surface area contributed by atoms with Gasteiger partial charge >= 0.3 is 6.03 Å². The first-order valence-corrected chi connectivity index (χ1v) is 6.91. The smallest absolute Gasteiger partial charge is 0.323 e. The number of likely N-dealkylation sites (tertiary alicyclic amines) is 1. The van der Waals surface area contributed by atoms with Crippen molar-refractivity contribution in [3.8, 4) is 11.8 Å². The zero-order valence-corrected chi connectivity index (χ0v) is 11.4. The molecule has 1 aromatic heterocycles. The van der Waals surface area contributed by atoms with Crippen molar-refractivity contribution in [2.24, 2.45) is 0 Å². The number of carbonyl (C=O) groups excluding carboxylic acids is 1. The van der Waals surface area contributed by atoms with Crippen LogP contribution in [0.5, 0.6) is 0 Å². The quantitative estimate of drug-likeness (QED) is 0.808. The molecular formula is C15H19N3O2. The molecule has 20 heavy (non-hydrogen) atoms. The Morgan fingerprint density at radius 3 is 2.95 bits per heavy atom. The summed E-state index contributed by atoms with van der Waals surface area (Å²) in [5, 5.41) is 11.5. The molecule has 5 nitrogen and oxygen atoms in total. The van der Waals surface area contributed by atoms with Crippen LogP contribution in [-0.4, -0.2) is 40.7 Å². The molecule has 2 heterocycles. The number of hydrogen-bond donors (Lipinski definition) is 2. The maximum atomic E-state index is 12.0. The van der Waals surface area contributed by atoms with Gasteiger partial charge in [0.1, 0.15) is 5.82 Å². The summed E-state index contributed by atoms with van der Waals surface area (Å²) in [7, 11) is 0. The summed E-state index contributed by atoms with van der Waals surface area (Å²) >= 11 is 0. The molecule has 106 valence electrons. The minimum absolute atomic E-state index is 0.0522. The second-order valence-electron chi connectivity index (χ2n) is 4.68. The van der Waals surface area contributed by atoms with E-state index < -0.39 is 0 Å². The number of aromatic nitrogens is 1. The van der Waals surface area contributed by atoms with Crippen molar-refractivity contribution < 1.29 is 9.90 Å². The molecule has 0 saturated carbocycles. The predicted molar refractivity (Wildman–Crippen MR) is 77.3 cm³/mol. The van der Waals surface area contributed by atoms with Gasteiger partial charge in [0.15, 0.2) is 0 Å². The van der Waals surface area contributed by atoms with E-state index in [0.29, 0.717) is 12.2 Å². The largest absolute Gasteiger partial charge is 0.395 e. The van der Waals surface area contributed by atoms with E-state index in [1.54, 1.807) is 18.3 Å². The van der Waals surface area contributed by atoms with E-state index >= 15 is 0 Å². The minimum Gasteiger partial charge on any atom is -0.395 e. The first-order valence-electron chi connectivity index (χ1n) is 6.91. The molecular weight excluding hydrogens is 254 g/mol. The molecule has 0 unspecified atom stereocenters. The molecule has 1 aliphatic rings. The van der Waals surface area contributed by atoms with Gasteiger partial charge in [0.25, 0.3) is 0 Å². The average Bonchev–Trinajstić information content (AvgIpc) is 2.49. The number of carbonyl (C=O) groups is 1. The van der Waals surface area contributed by atoms with Crippen molar-refractivity contribution in [1.29, 1.82) is 0 Å². The van der Waals surface area contributed by atoms with Gasteiger partial charge < -0.3 is 10.0 Å². The van der Waals surface area contributed by atoms with E-state index in [2.05, 4.69) is 22.1 Å². The Hall–Kier alpha value is -2.06. The second-order valence-corrected chi connectivity index (χ2v) is 4.68. The Morgan fingerprint density at radius 1 is 1.40 bits per heavy atom. The van der Waals surface area contributed by atoms with E-state index in [9.17, 15) is 4.79 Å². The average molecular weight is 273 g/mol. The summed E-state index contributed by atoms with van der Waals surface area (Å²) in [6, 6.07) is 3.42. The molecule has 2 rings (SSSR count). The van der Waals surface area contributed by atoms with Crippen LogP contribution in [0.1, 0.15) is 31.2 Å². The highest BCUT2D eigenvalue weighted by molar-refractivity contribution is 5.88. The third-order valence-electron chi connectivity index (χ3n) is 3.11. The highest BCUT2D eigenvalue weighted by atomic mass is 16.2. The molecule has 0 radical (unpaired) electrons. The van der Waals surface area contributed by atoms with Crippen molar-refractivity contribution in [3.63, 3.8) is 0 Å². The fraction of sp³-hybridized carbons (Fsp3) is 0.467. The van der Waals surface area contributed by atoms with E-state index in [1.165, 1.54) is 6.42 Å². The molecule has 1 saturated heterocycles. The molecule has 1 aromatic rings. The van der Waals surface area contributed by atoms with Gasteiger partial charge in [-0.2, -0.15) is 0 Å². The second kappa shape index (κ2) is 7.51. The Morgan fingerprint density at radius 2 is 2.20 bits per heavy atom. The van der Waals surface area contributed by atoms with Gasteiger partial charge in [-0.15, -0.1) is 0 Å². The summed E-state index contributed by atoms with van der Waals surface area (Å²) in [6.45, 7) is 1.67. The third kappa shape index (κ3) is 4.25. The molecule has 1 fully saturated rings. The number of anilines is 1. The first-order chi connectivity index (χ1) is 9.79. The van der Waals surface area contributed by atoms with Crippen molar-refractivity contribution in [2.45, 2.75) is 25.7 Å². The Bertz CT molecular complexity index is 513. The normalized spacial score (nSPS) is 14.3. The summed E-state index contributed by atoms with van der Waals surface area (Å²) in [5.41, 5.74) is 0.780. The lowest BCUT2D eigenvalue weighted by Crippen LogP contribution is -2.38. The van der Waals surface area contributed by atoms with Crippen LogP contribution in [0.15, 0.2) is 18.3 Å². The van der Waals surface area contributed by atoms with Gasteiger partial charge in [0, 0.05) is 31.3 Å². The van der Waals surface area contributed by atoms with Crippen LogP contribution < -0.4 is 5.32 Å². The first kappa shape index (κ1) is 14.4. The molecule has 0 aliphatic carbocycles. The predicted octanol–water partition coefficient (Wildman–Crippen LogP) is 1.83. The third-order valence-corrected chi connectivity index (χ3v) is 3.11. The van der Waals surface area contributed by atoms with Crippen molar-refractivity contribution in [3.05, 3.63) is 23.9 Å². The lowest BCUT2D eigenvalue weighted by Gasteiger charge is -2.26. The molecule has 0 atom stereocenters. The van der Waals surface area contributed by atoms with Gasteiger partial charge in [0.05, 0.1) is 6.61 Å². The maximum Gasteiger partial charge on any atom is 0.323 e. The Labute approximate surface area is 119 Å². The highest BCUT2D eigenvalue weighted by Gasteiger charge is 2.16. The summed E-state index contributed by atoms with van der Waals surface area (Å²) in [4.78, 5) is 18.0. The number of pyridine rings is 1. The van der Waals surface area contributed by atoms with Crippen LogP contribution in [-0.2, 0) is 0 Å². The summed E-state index contributed by atoms with van der Waals surface area (Å²) in [6.07, 6.45) is 5.38. The van der Waals surface area contributed by atoms with E-state index in [0.717, 1.165) is 31.5 Å². The molecule has 2 amide bonds. The number of aliphatic hydroxyl groups is 1. The van der Waals surface area contributed by atoms with Crippen LogP contribution in [0.25, 0.3) is 0 Å². The van der Waals surface area contributed by atoms with Gasteiger partial charge in [-0.25, -0.2) is 9.78 Å². The molecule has 0 aromatic carbocycles. The number of nitrogens with one attached hydrogen (secondary N) is 1. The van der Waals surface area contributed by atoms with E-state index in [1.807, 2.05) is 4.90 Å². The van der Waals surface area contributed by atoms with Crippen LogP contribution in [0, 0.1) is 11.8 Å². The van der Waals surface area contributed by atoms with Crippen molar-refractivity contribution in [2.75, 3.05) is 25.0 Å². The fourth-order valence-electron chi connectivity index (χ4n) is 2.08. The number of rotatable bonds is 2. The van der Waals surface area contributed by atoms with Gasteiger partial charge in [-0.3, -0.25) is 5.32 Å². The fourth-order valence-corrected chi connectivity index (χ4v) is 2.08. The van der Waals surface area contributed by atoms with Crippen LogP contribution in [0.4, 0.5) is 10.6 Å². The summed E-state index contributed by atoms with van der Waals surface area (Å²) in [5.74, 6) is 6.28. The number of piperidine rings is 1. The highest BCUT2D eigenvalue weighted by Crippen LogP contribution is 2.11. The molecule has 2 N–H and O–H groups in total. The lowest BCUT2D eigenvalue weighted by atomic mass is 10.1. The number of amides is 2. The number of hydrogen-bond acceptors (Lipinski definition) is 3. The van der Waals surface area contributed by atoms with Crippen molar-refractivity contribution in [1.82, 2.24) is 9.88 Å². The van der Waals surface area contributed by atoms with Crippen molar-refractivity contribution >= 4 is 11.8 Å². The van der Waals surface area contributed by atoms with Crippen LogP contribution >= 0.6 is 0 Å². The number of aliphatic hydroxyl groups excluding tert-OH is 1. The maximum absolute atomic E-state index is 12.0. The Balaban J connectivity index is 1.97. The Kier molecular flexibility index (Phi) is 5.39. The van der Waals surface area contributed by atoms with Crippen LogP contribution in [0.2, 0.25) is 0 Å². The van der Waals surface area contributed by atoms with Crippen LogP contribution in [0.3, 0.4) is 0 Å². The molecule has 1 aliphatic heterocycles. The monoisotopic (exact) mass is 273 g/mol. The summed E-state index contributed by atoms with van der Waals surface area (Å²) < 4.78 is 0. The SMILES string of the molecule is O=C(Nc1cc(C#CCCO)ccn1)N1CCCCC1. The van der Waals surface area contributed by atoms with Gasteiger partial charge in [-0.05, 0) is 31.4 Å². The zero-order valence-electron chi connectivity index (χ0n) is 11.4. The topological polar surface area (TPSA) is 65.5 Å². The lowest BCUT2D eigenvalue weighted by molar-refractivity contribution is 0.200. The molecule has 5 heteroatoms.